The van der Waals surface area contributed by atoms with E-state index >= 15 is 0 Å². The number of amides is 2. The standard InChI is InChI=1S/C26H32N4O5/c1-3-35-25(34)15-24(33)30(20-6-4-5-7-20)21-10-9-19(12-16(21)2)29-23(32)14-18-13-17(26(27)28)8-11-22(18)31/h8-13,20,31H,3-7,14-15H2,1-2H3,(H3,27,28)(H,29,32). The normalized spacial score (nSPS) is 13.3. The molecule has 186 valence electrons. The molecule has 2 aromatic carbocycles. The maximum Gasteiger partial charge on any atom is 0.315 e. The summed E-state index contributed by atoms with van der Waals surface area (Å²) in [4.78, 5) is 39.3. The summed E-state index contributed by atoms with van der Waals surface area (Å²) in [6.45, 7) is 3.78. The maximum absolute atomic E-state index is 13.0. The largest absolute Gasteiger partial charge is 0.508 e. The Bertz CT molecular complexity index is 1120. The van der Waals surface area contributed by atoms with Gasteiger partial charge < -0.3 is 25.8 Å². The Labute approximate surface area is 204 Å². The first-order chi connectivity index (χ1) is 16.7. The molecule has 9 heteroatoms. The number of amidine groups is 1. The number of esters is 1. The van der Waals surface area contributed by atoms with E-state index in [1.54, 1.807) is 30.0 Å². The molecule has 0 bridgehead atoms. The summed E-state index contributed by atoms with van der Waals surface area (Å²) in [6, 6.07) is 9.72. The smallest absolute Gasteiger partial charge is 0.315 e. The molecule has 0 radical (unpaired) electrons. The van der Waals surface area contributed by atoms with Gasteiger partial charge in [0.1, 0.15) is 18.0 Å². The zero-order valence-electron chi connectivity index (χ0n) is 20.1. The summed E-state index contributed by atoms with van der Waals surface area (Å²) in [5.41, 5.74) is 8.32. The number of benzene rings is 2. The summed E-state index contributed by atoms with van der Waals surface area (Å²) in [5.74, 6) is -1.39. The first kappa shape index (κ1) is 25.7. The van der Waals surface area contributed by atoms with Crippen LogP contribution in [0.1, 0.15) is 55.7 Å². The molecule has 9 nitrogen and oxygen atoms in total. The van der Waals surface area contributed by atoms with Gasteiger partial charge in [-0.3, -0.25) is 19.8 Å². The number of carbonyl (C=O) groups excluding carboxylic acids is 3. The number of anilines is 2. The number of nitrogen functional groups attached to an aromatic ring is 1. The Morgan fingerprint density at radius 2 is 1.89 bits per heavy atom. The van der Waals surface area contributed by atoms with Crippen molar-refractivity contribution >= 4 is 35.0 Å². The molecule has 0 aliphatic heterocycles. The van der Waals surface area contributed by atoms with E-state index in [1.807, 2.05) is 6.92 Å². The van der Waals surface area contributed by atoms with Gasteiger partial charge in [-0.05, 0) is 68.7 Å². The van der Waals surface area contributed by atoms with Gasteiger partial charge in [0.05, 0.1) is 13.0 Å². The minimum absolute atomic E-state index is 0.0209. The van der Waals surface area contributed by atoms with E-state index in [4.69, 9.17) is 15.9 Å². The van der Waals surface area contributed by atoms with E-state index in [1.165, 1.54) is 18.2 Å². The number of aromatic hydroxyl groups is 1. The van der Waals surface area contributed by atoms with Crippen molar-refractivity contribution < 1.29 is 24.2 Å². The van der Waals surface area contributed by atoms with Crippen LogP contribution in [-0.2, 0) is 25.5 Å². The number of hydrogen-bond acceptors (Lipinski definition) is 6. The number of aryl methyl sites for hydroxylation is 1. The lowest BCUT2D eigenvalue weighted by Gasteiger charge is -2.30. The average Bonchev–Trinajstić information content (AvgIpc) is 3.31. The van der Waals surface area contributed by atoms with Gasteiger partial charge in [0, 0.05) is 28.5 Å². The fourth-order valence-electron chi connectivity index (χ4n) is 4.39. The van der Waals surface area contributed by atoms with Crippen LogP contribution in [0.5, 0.6) is 5.75 Å². The highest BCUT2D eigenvalue weighted by Gasteiger charge is 2.30. The van der Waals surface area contributed by atoms with Crippen LogP contribution in [0.15, 0.2) is 36.4 Å². The monoisotopic (exact) mass is 480 g/mol. The SMILES string of the molecule is CCOC(=O)CC(=O)N(c1ccc(NC(=O)Cc2cc(C(=N)N)ccc2O)cc1C)C1CCCC1. The molecular formula is C26H32N4O5. The second kappa shape index (κ2) is 11.5. The molecule has 0 atom stereocenters. The summed E-state index contributed by atoms with van der Waals surface area (Å²) >= 11 is 0. The number of nitrogens with two attached hydrogens (primary N) is 1. The number of phenolic OH excluding ortho intramolecular Hbond substituents is 1. The Morgan fingerprint density at radius 1 is 1.17 bits per heavy atom. The van der Waals surface area contributed by atoms with E-state index in [2.05, 4.69) is 5.32 Å². The number of nitrogens with one attached hydrogen (secondary N) is 2. The van der Waals surface area contributed by atoms with Crippen molar-refractivity contribution in [2.75, 3.05) is 16.8 Å². The molecule has 0 heterocycles. The van der Waals surface area contributed by atoms with Crippen LogP contribution in [-0.4, -0.2) is 41.4 Å². The minimum Gasteiger partial charge on any atom is -0.508 e. The Balaban J connectivity index is 1.76. The third-order valence-corrected chi connectivity index (χ3v) is 6.04. The summed E-state index contributed by atoms with van der Waals surface area (Å²) in [5, 5.41) is 20.4. The molecule has 1 saturated carbocycles. The molecular weight excluding hydrogens is 448 g/mol. The van der Waals surface area contributed by atoms with Crippen LogP contribution in [0, 0.1) is 12.3 Å². The maximum atomic E-state index is 13.0. The number of ether oxygens (including phenoxy) is 1. The van der Waals surface area contributed by atoms with Gasteiger partial charge in [0.15, 0.2) is 0 Å². The lowest BCUT2D eigenvalue weighted by molar-refractivity contribution is -0.145. The second-order valence-electron chi connectivity index (χ2n) is 8.67. The minimum atomic E-state index is -0.542. The van der Waals surface area contributed by atoms with Gasteiger partial charge in [0.25, 0.3) is 0 Å². The molecule has 35 heavy (non-hydrogen) atoms. The Morgan fingerprint density at radius 3 is 2.51 bits per heavy atom. The van der Waals surface area contributed by atoms with Crippen molar-refractivity contribution in [3.63, 3.8) is 0 Å². The molecule has 1 fully saturated rings. The van der Waals surface area contributed by atoms with Crippen LogP contribution >= 0.6 is 0 Å². The highest BCUT2D eigenvalue weighted by molar-refractivity contribution is 6.04. The zero-order valence-corrected chi connectivity index (χ0v) is 20.1. The number of hydrogen-bond donors (Lipinski definition) is 4. The van der Waals surface area contributed by atoms with Crippen LogP contribution in [0.3, 0.4) is 0 Å². The summed E-state index contributed by atoms with van der Waals surface area (Å²) in [6.07, 6.45) is 3.38. The fourth-order valence-corrected chi connectivity index (χ4v) is 4.39. The lowest BCUT2D eigenvalue weighted by Crippen LogP contribution is -2.40. The molecule has 0 saturated heterocycles. The van der Waals surface area contributed by atoms with Gasteiger partial charge in [-0.2, -0.15) is 0 Å². The third kappa shape index (κ3) is 6.59. The van der Waals surface area contributed by atoms with E-state index in [9.17, 15) is 19.5 Å². The topological polar surface area (TPSA) is 146 Å². The average molecular weight is 481 g/mol. The van der Waals surface area contributed by atoms with Crippen molar-refractivity contribution in [2.45, 2.75) is 58.4 Å². The highest BCUT2D eigenvalue weighted by atomic mass is 16.5. The number of rotatable bonds is 9. The fraction of sp³-hybridized carbons (Fsp3) is 0.385. The highest BCUT2D eigenvalue weighted by Crippen LogP contribution is 2.32. The van der Waals surface area contributed by atoms with Crippen LogP contribution in [0.4, 0.5) is 11.4 Å². The molecule has 2 aromatic rings. The quantitative estimate of drug-likeness (QED) is 0.187. The van der Waals surface area contributed by atoms with Gasteiger partial charge in [-0.15, -0.1) is 0 Å². The number of carbonyl (C=O) groups is 3. The molecule has 5 N–H and O–H groups in total. The van der Waals surface area contributed by atoms with Crippen molar-refractivity contribution in [2.24, 2.45) is 5.73 Å². The second-order valence-corrected chi connectivity index (χ2v) is 8.67. The molecule has 3 rings (SSSR count). The third-order valence-electron chi connectivity index (χ3n) is 6.04. The van der Waals surface area contributed by atoms with Gasteiger partial charge in [-0.25, -0.2) is 0 Å². The summed E-state index contributed by atoms with van der Waals surface area (Å²) in [7, 11) is 0. The van der Waals surface area contributed by atoms with Gasteiger partial charge in [-0.1, -0.05) is 12.8 Å². The first-order valence-electron chi connectivity index (χ1n) is 11.7. The van der Waals surface area contributed by atoms with E-state index < -0.39 is 5.97 Å². The van der Waals surface area contributed by atoms with E-state index in [0.29, 0.717) is 22.5 Å². The predicted octanol–water partition coefficient (Wildman–Crippen LogP) is 3.39. The van der Waals surface area contributed by atoms with Crippen LogP contribution in [0.2, 0.25) is 0 Å². The van der Waals surface area contributed by atoms with E-state index in [0.717, 1.165) is 31.2 Å². The van der Waals surface area contributed by atoms with Crippen LogP contribution < -0.4 is 16.0 Å². The summed E-state index contributed by atoms with van der Waals surface area (Å²) < 4.78 is 4.96. The van der Waals surface area contributed by atoms with Crippen molar-refractivity contribution in [1.82, 2.24) is 0 Å². The Kier molecular flexibility index (Phi) is 8.46. The van der Waals surface area contributed by atoms with Crippen LogP contribution in [0.25, 0.3) is 0 Å². The first-order valence-corrected chi connectivity index (χ1v) is 11.7. The van der Waals surface area contributed by atoms with Crippen molar-refractivity contribution in [1.29, 1.82) is 5.41 Å². The molecule has 1 aliphatic carbocycles. The Hall–Kier alpha value is -3.88. The van der Waals surface area contributed by atoms with Gasteiger partial charge in [0.2, 0.25) is 11.8 Å². The van der Waals surface area contributed by atoms with Crippen molar-refractivity contribution in [3.8, 4) is 5.75 Å². The molecule has 0 unspecified atom stereocenters. The molecule has 2 amide bonds. The molecule has 0 aromatic heterocycles. The molecule has 1 aliphatic rings. The zero-order chi connectivity index (χ0) is 25.5. The number of phenols is 1. The predicted molar refractivity (Wildman–Crippen MR) is 134 cm³/mol. The lowest BCUT2D eigenvalue weighted by atomic mass is 10.1. The van der Waals surface area contributed by atoms with E-state index in [-0.39, 0.29) is 48.9 Å². The molecule has 0 spiro atoms. The van der Waals surface area contributed by atoms with Gasteiger partial charge >= 0.3 is 5.97 Å². The van der Waals surface area contributed by atoms with Crippen molar-refractivity contribution in [3.05, 3.63) is 53.1 Å². The number of nitrogens with zero attached hydrogens (tertiary/aromatic N) is 1.